The minimum atomic E-state index is 0.345. The van der Waals surface area contributed by atoms with Crippen molar-refractivity contribution in [1.82, 2.24) is 14.5 Å². The Hall–Kier alpha value is -1.58. The smallest absolute Gasteiger partial charge is 0.202 e. The van der Waals surface area contributed by atoms with E-state index in [1.165, 1.54) is 6.42 Å². The third-order valence-electron chi connectivity index (χ3n) is 3.08. The molecule has 92 valence electrons. The van der Waals surface area contributed by atoms with Crippen LogP contribution in [0.15, 0.2) is 18.3 Å². The Labute approximate surface area is 102 Å². The molecule has 2 N–H and O–H groups in total. The number of hydrogen-bond donors (Lipinski definition) is 1. The van der Waals surface area contributed by atoms with Crippen molar-refractivity contribution >= 4 is 17.1 Å². The van der Waals surface area contributed by atoms with Crippen molar-refractivity contribution < 1.29 is 0 Å². The van der Waals surface area contributed by atoms with Crippen LogP contribution in [0.4, 0.5) is 5.95 Å². The topological polar surface area (TPSA) is 56.7 Å². The van der Waals surface area contributed by atoms with Gasteiger partial charge in [0.2, 0.25) is 5.95 Å². The molecule has 4 nitrogen and oxygen atoms in total. The van der Waals surface area contributed by atoms with E-state index in [1.807, 2.05) is 16.7 Å². The lowest BCUT2D eigenvalue weighted by Gasteiger charge is -2.16. The van der Waals surface area contributed by atoms with Gasteiger partial charge in [0.05, 0.1) is 0 Å². The molecule has 0 aromatic carbocycles. The van der Waals surface area contributed by atoms with Crippen molar-refractivity contribution in [2.75, 3.05) is 5.73 Å². The molecule has 4 heteroatoms. The van der Waals surface area contributed by atoms with Gasteiger partial charge in [0.15, 0.2) is 5.65 Å². The predicted octanol–water partition coefficient (Wildman–Crippen LogP) is 3.01. The summed E-state index contributed by atoms with van der Waals surface area (Å²) in [4.78, 5) is 8.71. The number of rotatable bonds is 4. The lowest BCUT2D eigenvalue weighted by atomic mass is 10.0. The zero-order valence-corrected chi connectivity index (χ0v) is 10.7. The van der Waals surface area contributed by atoms with Crippen LogP contribution in [0.3, 0.4) is 0 Å². The number of pyridine rings is 1. The average molecular weight is 232 g/mol. The highest BCUT2D eigenvalue weighted by Gasteiger charge is 2.14. The molecule has 0 aliphatic heterocycles. The van der Waals surface area contributed by atoms with E-state index in [1.54, 1.807) is 6.20 Å². The number of hydrogen-bond acceptors (Lipinski definition) is 3. The van der Waals surface area contributed by atoms with E-state index < -0.39 is 0 Å². The largest absolute Gasteiger partial charge is 0.369 e. The van der Waals surface area contributed by atoms with Crippen LogP contribution in [0.5, 0.6) is 0 Å². The molecule has 2 heterocycles. The number of nitrogens with zero attached hydrogens (tertiary/aromatic N) is 3. The Kier molecular flexibility index (Phi) is 3.31. The molecule has 17 heavy (non-hydrogen) atoms. The monoisotopic (exact) mass is 232 g/mol. The van der Waals surface area contributed by atoms with Crippen LogP contribution in [0.25, 0.3) is 11.2 Å². The number of aromatic nitrogens is 3. The van der Waals surface area contributed by atoms with E-state index in [-0.39, 0.29) is 0 Å². The standard InChI is InChI=1S/C13H20N4/c1-9(2)6-7-10(3)17-12-11(16-13(17)14)5-4-8-15-12/h4-5,8-10H,6-7H2,1-3H3,(H2,14,16). The van der Waals surface area contributed by atoms with Gasteiger partial charge in [-0.1, -0.05) is 13.8 Å². The second kappa shape index (κ2) is 4.73. The second-order valence-electron chi connectivity index (χ2n) is 5.01. The molecular weight excluding hydrogens is 212 g/mol. The molecule has 0 saturated heterocycles. The molecule has 1 unspecified atom stereocenters. The van der Waals surface area contributed by atoms with Crippen LogP contribution in [0.1, 0.15) is 39.7 Å². The quantitative estimate of drug-likeness (QED) is 0.881. The lowest BCUT2D eigenvalue weighted by Crippen LogP contribution is -2.10. The summed E-state index contributed by atoms with van der Waals surface area (Å²) >= 11 is 0. The summed E-state index contributed by atoms with van der Waals surface area (Å²) in [6, 6.07) is 4.18. The van der Waals surface area contributed by atoms with E-state index in [0.717, 1.165) is 17.6 Å². The summed E-state index contributed by atoms with van der Waals surface area (Å²) in [6.07, 6.45) is 4.08. The minimum Gasteiger partial charge on any atom is -0.369 e. The second-order valence-corrected chi connectivity index (χ2v) is 5.01. The summed E-state index contributed by atoms with van der Waals surface area (Å²) < 4.78 is 2.04. The summed E-state index contributed by atoms with van der Waals surface area (Å²) in [7, 11) is 0. The molecule has 0 saturated carbocycles. The van der Waals surface area contributed by atoms with Gasteiger partial charge in [-0.05, 0) is 37.8 Å². The molecule has 0 aliphatic rings. The van der Waals surface area contributed by atoms with E-state index >= 15 is 0 Å². The Bertz CT molecular complexity index is 501. The van der Waals surface area contributed by atoms with Gasteiger partial charge < -0.3 is 5.73 Å². The fourth-order valence-corrected chi connectivity index (χ4v) is 2.09. The van der Waals surface area contributed by atoms with Crippen molar-refractivity contribution in [2.24, 2.45) is 5.92 Å². The Morgan fingerprint density at radius 2 is 2.06 bits per heavy atom. The van der Waals surface area contributed by atoms with Gasteiger partial charge in [0.1, 0.15) is 5.52 Å². The maximum Gasteiger partial charge on any atom is 0.202 e. The van der Waals surface area contributed by atoms with Crippen LogP contribution in [0, 0.1) is 5.92 Å². The summed E-state index contributed by atoms with van der Waals surface area (Å²) in [5.41, 5.74) is 7.74. The van der Waals surface area contributed by atoms with Gasteiger partial charge in [-0.25, -0.2) is 9.97 Å². The summed E-state index contributed by atoms with van der Waals surface area (Å²) in [6.45, 7) is 6.65. The van der Waals surface area contributed by atoms with Crippen LogP contribution < -0.4 is 5.73 Å². The molecule has 2 rings (SSSR count). The molecule has 2 aromatic heterocycles. The fraction of sp³-hybridized carbons (Fsp3) is 0.538. The highest BCUT2D eigenvalue weighted by molar-refractivity contribution is 5.73. The van der Waals surface area contributed by atoms with Crippen LogP contribution in [0.2, 0.25) is 0 Å². The zero-order chi connectivity index (χ0) is 12.4. The van der Waals surface area contributed by atoms with Gasteiger partial charge >= 0.3 is 0 Å². The van der Waals surface area contributed by atoms with Crippen LogP contribution in [-0.4, -0.2) is 14.5 Å². The van der Waals surface area contributed by atoms with E-state index in [4.69, 9.17) is 5.73 Å². The first-order chi connectivity index (χ1) is 8.09. The molecule has 2 aromatic rings. The Morgan fingerprint density at radius 1 is 1.29 bits per heavy atom. The maximum absolute atomic E-state index is 5.97. The number of nitrogens with two attached hydrogens (primary N) is 1. The third-order valence-corrected chi connectivity index (χ3v) is 3.08. The average Bonchev–Trinajstić information content (AvgIpc) is 2.61. The number of nitrogen functional groups attached to an aromatic ring is 1. The van der Waals surface area contributed by atoms with Crippen molar-refractivity contribution in [2.45, 2.75) is 39.7 Å². The summed E-state index contributed by atoms with van der Waals surface area (Å²) in [5, 5.41) is 0. The van der Waals surface area contributed by atoms with Crippen LogP contribution in [-0.2, 0) is 0 Å². The van der Waals surface area contributed by atoms with Gasteiger partial charge in [-0.2, -0.15) is 0 Å². The van der Waals surface area contributed by atoms with Gasteiger partial charge in [-0.3, -0.25) is 4.57 Å². The van der Waals surface area contributed by atoms with Gasteiger partial charge in [0, 0.05) is 12.2 Å². The number of imidazole rings is 1. The third kappa shape index (κ3) is 2.40. The zero-order valence-electron chi connectivity index (χ0n) is 10.7. The molecule has 0 amide bonds. The van der Waals surface area contributed by atoms with Gasteiger partial charge in [0.25, 0.3) is 0 Å². The van der Waals surface area contributed by atoms with Crippen LogP contribution >= 0.6 is 0 Å². The van der Waals surface area contributed by atoms with Crippen molar-refractivity contribution in [3.63, 3.8) is 0 Å². The minimum absolute atomic E-state index is 0.345. The fourth-order valence-electron chi connectivity index (χ4n) is 2.09. The number of fused-ring (bicyclic) bond motifs is 1. The van der Waals surface area contributed by atoms with Crippen molar-refractivity contribution in [1.29, 1.82) is 0 Å². The molecule has 1 atom stereocenters. The van der Waals surface area contributed by atoms with E-state index in [0.29, 0.717) is 17.9 Å². The van der Waals surface area contributed by atoms with Crippen molar-refractivity contribution in [3.05, 3.63) is 18.3 Å². The Balaban J connectivity index is 2.30. The lowest BCUT2D eigenvalue weighted by molar-refractivity contribution is 0.448. The van der Waals surface area contributed by atoms with Crippen molar-refractivity contribution in [3.8, 4) is 0 Å². The van der Waals surface area contributed by atoms with E-state index in [2.05, 4.69) is 30.7 Å². The molecular formula is C13H20N4. The molecule has 0 bridgehead atoms. The first-order valence-corrected chi connectivity index (χ1v) is 6.18. The number of anilines is 1. The highest BCUT2D eigenvalue weighted by atomic mass is 15.2. The first kappa shape index (κ1) is 11.9. The SMILES string of the molecule is CC(C)CCC(C)n1c(N)nc2cccnc21. The highest BCUT2D eigenvalue weighted by Crippen LogP contribution is 2.24. The molecule has 0 radical (unpaired) electrons. The van der Waals surface area contributed by atoms with Gasteiger partial charge in [-0.15, -0.1) is 0 Å². The molecule has 0 spiro atoms. The predicted molar refractivity (Wildman–Crippen MR) is 70.7 cm³/mol. The Morgan fingerprint density at radius 3 is 2.76 bits per heavy atom. The first-order valence-electron chi connectivity index (χ1n) is 6.18. The van der Waals surface area contributed by atoms with E-state index in [9.17, 15) is 0 Å². The summed E-state index contributed by atoms with van der Waals surface area (Å²) in [5.74, 6) is 1.27. The molecule has 0 aliphatic carbocycles. The molecule has 0 fully saturated rings. The normalized spacial score (nSPS) is 13.4. The maximum atomic E-state index is 5.97.